The second-order valence-corrected chi connectivity index (χ2v) is 3.19. The van der Waals surface area contributed by atoms with Crippen LogP contribution < -0.4 is 0 Å². The average molecular weight is 156 g/mol. The Kier molecular flexibility index (Phi) is 3.61. The summed E-state index contributed by atoms with van der Waals surface area (Å²) in [7, 11) is -3.81. The summed E-state index contributed by atoms with van der Waals surface area (Å²) in [6.07, 6.45) is 0. The highest BCUT2D eigenvalue weighted by Crippen LogP contribution is 1.98. The molecule has 0 fully saturated rings. The van der Waals surface area contributed by atoms with E-state index in [0.29, 0.717) is 0 Å². The minimum absolute atomic E-state index is 0.208. The van der Waals surface area contributed by atoms with Crippen LogP contribution in [0.4, 0.5) is 0 Å². The highest BCUT2D eigenvalue weighted by atomic mass is 32.1. The number of thiol groups is 1. The molecule has 0 amide bonds. The van der Waals surface area contributed by atoms with Crippen LogP contribution in [0.25, 0.3) is 0 Å². The average Bonchev–Trinajstić information content (AvgIpc) is 1.67. The molecule has 6 heteroatoms. The van der Waals surface area contributed by atoms with Crippen LogP contribution in [0, 0.1) is 0 Å². The smallest absolute Gasteiger partial charge is 0.367 e. The maximum Gasteiger partial charge on any atom is 0.685 e. The van der Waals surface area contributed by atoms with Crippen molar-refractivity contribution in [3.05, 3.63) is 0 Å². The van der Waals surface area contributed by atoms with Gasteiger partial charge in [0.25, 0.3) is 0 Å². The predicted molar refractivity (Wildman–Crippen MR) is 31.9 cm³/mol. The molecule has 0 rings (SSSR count). The van der Waals surface area contributed by atoms with Gasteiger partial charge < -0.3 is 14.0 Å². The first kappa shape index (κ1) is 8.41. The van der Waals surface area contributed by atoms with E-state index < -0.39 is 9.05 Å². The standard InChI is InChI=1S/C2H8O4SSi/c1-2-5-8(3,4)6-7/h3-4,7H,2H2,1H3. The second-order valence-electron chi connectivity index (χ2n) is 1.07. The second kappa shape index (κ2) is 3.44. The van der Waals surface area contributed by atoms with Crippen LogP contribution in [0.1, 0.15) is 6.92 Å². The first-order valence-electron chi connectivity index (χ1n) is 2.03. The molecule has 0 saturated heterocycles. The monoisotopic (exact) mass is 156 g/mol. The molecule has 0 atom stereocenters. The third kappa shape index (κ3) is 3.41. The molecule has 0 radical (unpaired) electrons. The van der Waals surface area contributed by atoms with Crippen LogP contribution in [0.5, 0.6) is 0 Å². The van der Waals surface area contributed by atoms with Crippen LogP contribution in [0.15, 0.2) is 0 Å². The van der Waals surface area contributed by atoms with E-state index in [2.05, 4.69) is 21.2 Å². The summed E-state index contributed by atoms with van der Waals surface area (Å²) in [5.41, 5.74) is 0. The highest BCUT2D eigenvalue weighted by molar-refractivity contribution is 7.76. The van der Waals surface area contributed by atoms with Gasteiger partial charge in [-0.3, -0.25) is 3.87 Å². The molecule has 0 aliphatic carbocycles. The molecule has 0 saturated carbocycles. The van der Waals surface area contributed by atoms with Gasteiger partial charge in [0.2, 0.25) is 0 Å². The van der Waals surface area contributed by atoms with Crippen molar-refractivity contribution in [3.8, 4) is 0 Å². The van der Waals surface area contributed by atoms with Crippen molar-refractivity contribution in [1.29, 1.82) is 0 Å². The maximum atomic E-state index is 8.50. The van der Waals surface area contributed by atoms with Gasteiger partial charge in [0.15, 0.2) is 0 Å². The van der Waals surface area contributed by atoms with Gasteiger partial charge in [-0.2, -0.15) is 0 Å². The van der Waals surface area contributed by atoms with Crippen molar-refractivity contribution < 1.29 is 17.9 Å². The molecule has 0 aromatic carbocycles. The molecule has 0 aliphatic rings. The Labute approximate surface area is 54.2 Å². The van der Waals surface area contributed by atoms with Crippen LogP contribution in [0.3, 0.4) is 0 Å². The number of hydrogen-bond donors (Lipinski definition) is 3. The summed E-state index contributed by atoms with van der Waals surface area (Å²) in [5, 5.41) is 0. The molecule has 8 heavy (non-hydrogen) atoms. The normalized spacial score (nSPS) is 12.0. The van der Waals surface area contributed by atoms with E-state index in [1.165, 1.54) is 0 Å². The van der Waals surface area contributed by atoms with E-state index in [1.807, 2.05) is 0 Å². The summed E-state index contributed by atoms with van der Waals surface area (Å²) < 4.78 is 8.23. The summed E-state index contributed by atoms with van der Waals surface area (Å²) in [4.78, 5) is 17.0. The largest absolute Gasteiger partial charge is 0.685 e. The maximum absolute atomic E-state index is 8.50. The fraction of sp³-hybridized carbons (Fsp3) is 1.00. The Hall–Kier alpha value is 0.407. The first-order valence-corrected chi connectivity index (χ1v) is 4.11. The minimum Gasteiger partial charge on any atom is -0.367 e. The van der Waals surface area contributed by atoms with Gasteiger partial charge in [-0.15, -0.1) is 0 Å². The zero-order chi connectivity index (χ0) is 6.62. The molecule has 2 N–H and O–H groups in total. The fourth-order valence-electron chi connectivity index (χ4n) is 0.214. The summed E-state index contributed by atoms with van der Waals surface area (Å²) in [6.45, 7) is 1.83. The number of rotatable bonds is 3. The lowest BCUT2D eigenvalue weighted by Gasteiger charge is -2.10. The Bertz CT molecular complexity index is 67.1. The minimum atomic E-state index is -3.81. The van der Waals surface area contributed by atoms with E-state index in [-0.39, 0.29) is 6.61 Å². The summed E-state index contributed by atoms with van der Waals surface area (Å²) in [6, 6.07) is 0. The van der Waals surface area contributed by atoms with Crippen molar-refractivity contribution in [1.82, 2.24) is 0 Å². The van der Waals surface area contributed by atoms with Gasteiger partial charge >= 0.3 is 9.05 Å². The lowest BCUT2D eigenvalue weighted by atomic mass is 10.9. The van der Waals surface area contributed by atoms with Gasteiger partial charge in [0.1, 0.15) is 0 Å². The van der Waals surface area contributed by atoms with Gasteiger partial charge in [-0.1, -0.05) is 0 Å². The molecule has 0 unspecified atom stereocenters. The number of hydrogen-bond acceptors (Lipinski definition) is 5. The van der Waals surface area contributed by atoms with Crippen molar-refractivity contribution in [2.75, 3.05) is 6.61 Å². The van der Waals surface area contributed by atoms with E-state index >= 15 is 0 Å². The molecule has 0 aromatic heterocycles. The molecule has 0 bridgehead atoms. The van der Waals surface area contributed by atoms with Gasteiger partial charge in [-0.25, -0.2) is 0 Å². The van der Waals surface area contributed by atoms with E-state index in [4.69, 9.17) is 9.59 Å². The Balaban J connectivity index is 3.37. The lowest BCUT2D eigenvalue weighted by Crippen LogP contribution is -2.39. The molecule has 0 aromatic rings. The lowest BCUT2D eigenvalue weighted by molar-refractivity contribution is 0.0882. The van der Waals surface area contributed by atoms with Crippen molar-refractivity contribution in [3.63, 3.8) is 0 Å². The third-order valence-corrected chi connectivity index (χ3v) is 2.07. The quantitative estimate of drug-likeness (QED) is 0.287. The molecule has 0 heterocycles. The Morgan fingerprint density at radius 3 is 2.25 bits per heavy atom. The van der Waals surface area contributed by atoms with Crippen LogP contribution in [-0.4, -0.2) is 25.2 Å². The van der Waals surface area contributed by atoms with Crippen LogP contribution in [0.2, 0.25) is 0 Å². The highest BCUT2D eigenvalue weighted by Gasteiger charge is 2.34. The zero-order valence-corrected chi connectivity index (χ0v) is 6.26. The van der Waals surface area contributed by atoms with Crippen LogP contribution in [-0.2, 0) is 8.30 Å². The van der Waals surface area contributed by atoms with Crippen molar-refractivity contribution in [2.45, 2.75) is 6.92 Å². The van der Waals surface area contributed by atoms with Gasteiger partial charge in [-0.05, 0) is 19.8 Å². The van der Waals surface area contributed by atoms with E-state index in [1.54, 1.807) is 6.92 Å². The van der Waals surface area contributed by atoms with Gasteiger partial charge in [0, 0.05) is 6.61 Å². The zero-order valence-electron chi connectivity index (χ0n) is 4.37. The van der Waals surface area contributed by atoms with Gasteiger partial charge in [0.05, 0.1) is 0 Å². The summed E-state index contributed by atoms with van der Waals surface area (Å²) in [5.74, 6) is 0. The van der Waals surface area contributed by atoms with Crippen LogP contribution >= 0.6 is 12.9 Å². The SMILES string of the molecule is CCO[Si](O)(O)OS. The van der Waals surface area contributed by atoms with Crippen molar-refractivity contribution >= 4 is 22.0 Å². The molecule has 50 valence electrons. The molecular weight excluding hydrogens is 148 g/mol. The van der Waals surface area contributed by atoms with E-state index in [0.717, 1.165) is 0 Å². The molecular formula is C2H8O4SSi. The third-order valence-electron chi connectivity index (χ3n) is 0.451. The van der Waals surface area contributed by atoms with E-state index in [9.17, 15) is 0 Å². The predicted octanol–water partition coefficient (Wildman–Crippen LogP) is -0.696. The summed E-state index contributed by atoms with van der Waals surface area (Å²) >= 11 is 3.17. The topological polar surface area (TPSA) is 58.9 Å². The Morgan fingerprint density at radius 1 is 1.62 bits per heavy atom. The first-order chi connectivity index (χ1) is 3.62. The molecule has 0 spiro atoms. The fourth-order valence-corrected chi connectivity index (χ4v) is 0.801. The molecule has 0 aliphatic heterocycles. The van der Waals surface area contributed by atoms with Crippen molar-refractivity contribution in [2.24, 2.45) is 0 Å². The Morgan fingerprint density at radius 2 is 2.12 bits per heavy atom. The molecule has 4 nitrogen and oxygen atoms in total.